The normalized spacial score (nSPS) is 18.6. The molecule has 1 aliphatic heterocycles. The second-order valence-corrected chi connectivity index (χ2v) is 6.76. The zero-order valence-electron chi connectivity index (χ0n) is 13.1. The number of carboxylic acid groups (broad SMARTS) is 1. The molecule has 1 heterocycles. The van der Waals surface area contributed by atoms with Crippen molar-refractivity contribution in [1.29, 1.82) is 0 Å². The number of benzene rings is 1. The molecule has 7 nitrogen and oxygen atoms in total. The Labute approximate surface area is 142 Å². The van der Waals surface area contributed by atoms with Gasteiger partial charge in [0.05, 0.1) is 19.1 Å². The Bertz CT molecular complexity index is 587. The molecule has 3 unspecified atom stereocenters. The molecular weight excluding hydrogens is 334 g/mol. The number of hydrogen-bond acceptors (Lipinski definition) is 5. The number of ether oxygens (including phenoxy) is 1. The summed E-state index contributed by atoms with van der Waals surface area (Å²) in [6.45, 7) is 1.61. The van der Waals surface area contributed by atoms with Crippen LogP contribution < -0.4 is 0 Å². The van der Waals surface area contributed by atoms with E-state index in [1.54, 1.807) is 30.3 Å². The first kappa shape index (κ1) is 18.6. The lowest BCUT2D eigenvalue weighted by Crippen LogP contribution is -2.44. The van der Waals surface area contributed by atoms with Crippen molar-refractivity contribution in [3.8, 4) is 0 Å². The number of aliphatic carboxylic acids is 1. The van der Waals surface area contributed by atoms with E-state index in [4.69, 9.17) is 4.74 Å². The van der Waals surface area contributed by atoms with Gasteiger partial charge in [-0.15, -0.1) is 0 Å². The maximum absolute atomic E-state index is 12.3. The molecular formula is C16H20NO6S-. The number of amides is 1. The number of hydrogen-bond donors (Lipinski definition) is 1. The van der Waals surface area contributed by atoms with Crippen LogP contribution in [0.15, 0.2) is 30.3 Å². The van der Waals surface area contributed by atoms with Gasteiger partial charge in [0.25, 0.3) is 0 Å². The lowest BCUT2D eigenvalue weighted by atomic mass is 9.95. The maximum atomic E-state index is 12.3. The molecule has 132 valence electrons. The first-order valence-electron chi connectivity index (χ1n) is 7.69. The quantitative estimate of drug-likeness (QED) is 0.712. The number of morpholine rings is 1. The van der Waals surface area contributed by atoms with E-state index in [0.717, 1.165) is 5.56 Å². The van der Waals surface area contributed by atoms with Crippen LogP contribution in [-0.4, -0.2) is 62.2 Å². The van der Waals surface area contributed by atoms with Crippen LogP contribution in [-0.2, 0) is 31.8 Å². The van der Waals surface area contributed by atoms with Gasteiger partial charge in [-0.1, -0.05) is 41.4 Å². The summed E-state index contributed by atoms with van der Waals surface area (Å²) in [5.74, 6) is -2.91. The Balaban J connectivity index is 2.11. The third kappa shape index (κ3) is 5.12. The van der Waals surface area contributed by atoms with Gasteiger partial charge in [0.2, 0.25) is 5.91 Å². The molecule has 1 saturated heterocycles. The summed E-state index contributed by atoms with van der Waals surface area (Å²) in [6.07, 6.45) is -0.273. The van der Waals surface area contributed by atoms with Crippen molar-refractivity contribution in [2.24, 2.45) is 5.92 Å². The first-order chi connectivity index (χ1) is 11.5. The van der Waals surface area contributed by atoms with Crippen molar-refractivity contribution in [3.63, 3.8) is 0 Å². The summed E-state index contributed by atoms with van der Waals surface area (Å²) in [6, 6.07) is 8.79. The summed E-state index contributed by atoms with van der Waals surface area (Å²) >= 11 is -2.60. The molecule has 0 bridgehead atoms. The Morgan fingerprint density at radius 2 is 1.88 bits per heavy atom. The van der Waals surface area contributed by atoms with Crippen LogP contribution in [0.3, 0.4) is 0 Å². The number of carboxylic acids is 1. The fourth-order valence-corrected chi connectivity index (χ4v) is 3.51. The van der Waals surface area contributed by atoms with Crippen LogP contribution in [0, 0.1) is 5.92 Å². The Morgan fingerprint density at radius 3 is 2.42 bits per heavy atom. The average Bonchev–Trinajstić information content (AvgIpc) is 2.59. The molecule has 0 radical (unpaired) electrons. The highest BCUT2D eigenvalue weighted by Crippen LogP contribution is 2.21. The highest BCUT2D eigenvalue weighted by molar-refractivity contribution is 7.79. The van der Waals surface area contributed by atoms with Crippen molar-refractivity contribution in [1.82, 2.24) is 4.90 Å². The largest absolute Gasteiger partial charge is 0.772 e. The molecule has 1 aromatic carbocycles. The Kier molecular flexibility index (Phi) is 6.89. The van der Waals surface area contributed by atoms with Crippen LogP contribution in [0.4, 0.5) is 0 Å². The molecule has 0 aromatic heterocycles. The molecule has 0 spiro atoms. The van der Waals surface area contributed by atoms with Crippen LogP contribution in [0.2, 0.25) is 0 Å². The third-order valence-corrected chi connectivity index (χ3v) is 5.04. The molecule has 1 aromatic rings. The predicted octanol–water partition coefficient (Wildman–Crippen LogP) is 0.427. The van der Waals surface area contributed by atoms with Crippen molar-refractivity contribution < 1.29 is 28.2 Å². The molecule has 1 N–H and O–H groups in total. The predicted molar refractivity (Wildman–Crippen MR) is 86.0 cm³/mol. The minimum atomic E-state index is -2.60. The van der Waals surface area contributed by atoms with Gasteiger partial charge in [0.1, 0.15) is 0 Å². The number of nitrogens with zero attached hydrogens (tertiary/aromatic N) is 1. The highest BCUT2D eigenvalue weighted by atomic mass is 32.2. The standard InChI is InChI=1S/C16H21NO6S/c18-15(17-6-8-23-9-7-17)11-13(16(19)20)14(24(21)22)10-12-4-2-1-3-5-12/h1-5,13-14H,6-11H2,(H,19,20)(H,21,22)/p-1. The monoisotopic (exact) mass is 354 g/mol. The Hall–Kier alpha value is -1.77. The average molecular weight is 354 g/mol. The fraction of sp³-hybridized carbons (Fsp3) is 0.500. The van der Waals surface area contributed by atoms with Gasteiger partial charge < -0.3 is 19.3 Å². The third-order valence-electron chi connectivity index (χ3n) is 4.05. The van der Waals surface area contributed by atoms with Gasteiger partial charge in [-0.25, -0.2) is 0 Å². The van der Waals surface area contributed by atoms with E-state index in [1.807, 2.05) is 0 Å². The number of carbonyl (C=O) groups excluding carboxylic acids is 1. The lowest BCUT2D eigenvalue weighted by Gasteiger charge is -2.30. The SMILES string of the molecule is O=C(O)C(CC(=O)N1CCOCC1)C(Cc1ccccc1)S(=O)[O-]. The Morgan fingerprint density at radius 1 is 1.25 bits per heavy atom. The summed E-state index contributed by atoms with van der Waals surface area (Å²) in [7, 11) is 0. The summed E-state index contributed by atoms with van der Waals surface area (Å²) in [5.41, 5.74) is 0.719. The van der Waals surface area contributed by atoms with Crippen LogP contribution in [0.5, 0.6) is 0 Å². The zero-order chi connectivity index (χ0) is 17.5. The molecule has 0 aliphatic carbocycles. The van der Waals surface area contributed by atoms with E-state index in [0.29, 0.717) is 26.3 Å². The molecule has 2 rings (SSSR count). The highest BCUT2D eigenvalue weighted by Gasteiger charge is 2.33. The minimum absolute atomic E-state index is 0.0598. The fourth-order valence-electron chi connectivity index (χ4n) is 2.70. The lowest BCUT2D eigenvalue weighted by molar-refractivity contribution is -0.147. The molecule has 1 fully saturated rings. The summed E-state index contributed by atoms with van der Waals surface area (Å²) in [5, 5.41) is 8.29. The van der Waals surface area contributed by atoms with Crippen LogP contribution >= 0.6 is 0 Å². The minimum Gasteiger partial charge on any atom is -0.772 e. The first-order valence-corrected chi connectivity index (χ1v) is 8.83. The van der Waals surface area contributed by atoms with E-state index in [-0.39, 0.29) is 18.7 Å². The van der Waals surface area contributed by atoms with Gasteiger partial charge in [-0.3, -0.25) is 13.8 Å². The van der Waals surface area contributed by atoms with Crippen molar-refractivity contribution >= 4 is 23.0 Å². The van der Waals surface area contributed by atoms with Gasteiger partial charge in [0, 0.05) is 24.8 Å². The van der Waals surface area contributed by atoms with Crippen molar-refractivity contribution in [2.75, 3.05) is 26.3 Å². The molecule has 1 aliphatic rings. The van der Waals surface area contributed by atoms with Crippen LogP contribution in [0.1, 0.15) is 12.0 Å². The molecule has 0 saturated carbocycles. The molecule has 24 heavy (non-hydrogen) atoms. The van der Waals surface area contributed by atoms with Gasteiger partial charge in [-0.05, 0) is 12.0 Å². The van der Waals surface area contributed by atoms with Gasteiger partial charge in [0.15, 0.2) is 0 Å². The van der Waals surface area contributed by atoms with E-state index in [9.17, 15) is 23.5 Å². The van der Waals surface area contributed by atoms with Crippen molar-refractivity contribution in [2.45, 2.75) is 18.1 Å². The zero-order valence-corrected chi connectivity index (χ0v) is 13.9. The second-order valence-electron chi connectivity index (χ2n) is 5.63. The van der Waals surface area contributed by atoms with Crippen molar-refractivity contribution in [3.05, 3.63) is 35.9 Å². The van der Waals surface area contributed by atoms with Gasteiger partial charge >= 0.3 is 5.97 Å². The summed E-state index contributed by atoms with van der Waals surface area (Å²) in [4.78, 5) is 25.4. The number of rotatable bonds is 7. The summed E-state index contributed by atoms with van der Waals surface area (Å²) < 4.78 is 28.4. The van der Waals surface area contributed by atoms with E-state index in [1.165, 1.54) is 4.90 Å². The van der Waals surface area contributed by atoms with E-state index < -0.39 is 28.2 Å². The van der Waals surface area contributed by atoms with Gasteiger partial charge in [-0.2, -0.15) is 0 Å². The van der Waals surface area contributed by atoms with Crippen LogP contribution in [0.25, 0.3) is 0 Å². The van der Waals surface area contributed by atoms with E-state index >= 15 is 0 Å². The number of carbonyl (C=O) groups is 2. The van der Waals surface area contributed by atoms with E-state index in [2.05, 4.69) is 0 Å². The maximum Gasteiger partial charge on any atom is 0.308 e. The molecule has 1 amide bonds. The molecule has 8 heteroatoms. The molecule has 3 atom stereocenters. The second kappa shape index (κ2) is 8.91. The smallest absolute Gasteiger partial charge is 0.308 e. The topological polar surface area (TPSA) is 107 Å².